The van der Waals surface area contributed by atoms with Gasteiger partial charge in [0.2, 0.25) is 0 Å². The smallest absolute Gasteiger partial charge is 0.343 e. The van der Waals surface area contributed by atoms with Crippen molar-refractivity contribution in [3.63, 3.8) is 0 Å². The van der Waals surface area contributed by atoms with E-state index in [4.69, 9.17) is 9.47 Å². The normalized spacial score (nSPS) is 10.6. The Hall–Kier alpha value is -4.05. The van der Waals surface area contributed by atoms with E-state index < -0.39 is 23.4 Å². The van der Waals surface area contributed by atoms with Gasteiger partial charge in [-0.3, -0.25) is 14.9 Å². The van der Waals surface area contributed by atoms with Gasteiger partial charge in [-0.05, 0) is 43.3 Å². The number of carbonyl (C=O) groups is 2. The summed E-state index contributed by atoms with van der Waals surface area (Å²) in [5.74, 6) is -0.937. The van der Waals surface area contributed by atoms with Gasteiger partial charge < -0.3 is 9.47 Å². The monoisotopic (exact) mass is 511 g/mol. The third-order valence-electron chi connectivity index (χ3n) is 4.24. The Morgan fingerprint density at radius 3 is 2.64 bits per heavy atom. The Kier molecular flexibility index (Phi) is 7.87. The van der Waals surface area contributed by atoms with Gasteiger partial charge in [0.05, 0.1) is 16.7 Å². The van der Waals surface area contributed by atoms with Crippen LogP contribution in [-0.4, -0.2) is 29.6 Å². The van der Waals surface area contributed by atoms with Crippen LogP contribution in [0.5, 0.6) is 11.5 Å². The fraction of sp³-hybridized carbons (Fsp3) is 0.0870. The molecule has 9 nitrogen and oxygen atoms in total. The maximum atomic E-state index is 12.5. The molecule has 3 aromatic carbocycles. The number of rotatable bonds is 8. The summed E-state index contributed by atoms with van der Waals surface area (Å²) >= 11 is 3.34. The first kappa shape index (κ1) is 23.6. The molecule has 0 heterocycles. The van der Waals surface area contributed by atoms with Crippen LogP contribution in [-0.2, 0) is 4.79 Å². The molecule has 0 aromatic heterocycles. The third kappa shape index (κ3) is 6.71. The van der Waals surface area contributed by atoms with E-state index in [0.29, 0.717) is 15.6 Å². The van der Waals surface area contributed by atoms with Gasteiger partial charge in [-0.25, -0.2) is 10.2 Å². The Morgan fingerprint density at radius 1 is 1.09 bits per heavy atom. The van der Waals surface area contributed by atoms with Gasteiger partial charge in [0.15, 0.2) is 12.4 Å². The van der Waals surface area contributed by atoms with Crippen molar-refractivity contribution in [2.24, 2.45) is 5.10 Å². The van der Waals surface area contributed by atoms with Gasteiger partial charge in [-0.15, -0.1) is 0 Å². The van der Waals surface area contributed by atoms with Crippen molar-refractivity contribution in [1.82, 2.24) is 5.43 Å². The van der Waals surface area contributed by atoms with E-state index in [1.54, 1.807) is 42.5 Å². The zero-order valence-corrected chi connectivity index (χ0v) is 18.9. The molecule has 10 heteroatoms. The second-order valence-electron chi connectivity index (χ2n) is 6.75. The number of halogens is 1. The van der Waals surface area contributed by atoms with Crippen LogP contribution < -0.4 is 14.9 Å². The summed E-state index contributed by atoms with van der Waals surface area (Å²) in [7, 11) is 0. The minimum Gasteiger partial charge on any atom is -0.477 e. The highest BCUT2D eigenvalue weighted by molar-refractivity contribution is 9.10. The van der Waals surface area contributed by atoms with Crippen LogP contribution >= 0.6 is 15.9 Å². The van der Waals surface area contributed by atoms with Crippen molar-refractivity contribution in [1.29, 1.82) is 0 Å². The van der Waals surface area contributed by atoms with Crippen LogP contribution in [0.1, 0.15) is 21.5 Å². The van der Waals surface area contributed by atoms with Crippen molar-refractivity contribution in [2.75, 3.05) is 6.61 Å². The molecule has 0 aliphatic carbocycles. The minimum absolute atomic E-state index is 0.0287. The number of nitro benzene ring substituents is 1. The van der Waals surface area contributed by atoms with Gasteiger partial charge in [0.25, 0.3) is 5.91 Å². The number of hydrazone groups is 1. The lowest BCUT2D eigenvalue weighted by atomic mass is 10.1. The number of esters is 1. The zero-order valence-electron chi connectivity index (χ0n) is 17.4. The maximum absolute atomic E-state index is 12.5. The molecule has 0 radical (unpaired) electrons. The van der Waals surface area contributed by atoms with Crippen molar-refractivity contribution in [3.05, 3.63) is 98.0 Å². The van der Waals surface area contributed by atoms with E-state index in [0.717, 1.165) is 5.56 Å². The molecular formula is C23H18BrN3O6. The number of nitrogens with zero attached hydrogens (tertiary/aromatic N) is 2. The van der Waals surface area contributed by atoms with Gasteiger partial charge in [-0.1, -0.05) is 45.8 Å². The molecule has 0 spiro atoms. The first-order valence-corrected chi connectivity index (χ1v) is 10.4. The van der Waals surface area contributed by atoms with Crippen LogP contribution in [0.25, 0.3) is 0 Å². The second kappa shape index (κ2) is 11.0. The van der Waals surface area contributed by atoms with Crippen LogP contribution in [0.15, 0.2) is 76.3 Å². The molecule has 168 valence electrons. The largest absolute Gasteiger partial charge is 0.477 e. The number of nitro groups is 1. The molecule has 0 atom stereocenters. The average molecular weight is 512 g/mol. The van der Waals surface area contributed by atoms with Crippen molar-refractivity contribution in [3.8, 4) is 11.5 Å². The molecule has 3 rings (SSSR count). The molecule has 1 amide bonds. The zero-order chi connectivity index (χ0) is 23.8. The Bertz CT molecular complexity index is 1230. The molecule has 0 saturated heterocycles. The SMILES string of the molecule is Cc1cccc(C(=O)Oc2ccc(Br)cc2/C=N/NC(=O)COc2ccccc2[N+](=O)[O-])c1. The lowest BCUT2D eigenvalue weighted by Crippen LogP contribution is -2.24. The highest BCUT2D eigenvalue weighted by Crippen LogP contribution is 2.25. The summed E-state index contributed by atoms with van der Waals surface area (Å²) in [6.45, 7) is 1.40. The van der Waals surface area contributed by atoms with E-state index in [2.05, 4.69) is 26.5 Å². The predicted molar refractivity (Wildman–Crippen MR) is 125 cm³/mol. The summed E-state index contributed by atoms with van der Waals surface area (Å²) in [6, 6.07) is 17.7. The Morgan fingerprint density at radius 2 is 1.88 bits per heavy atom. The Balaban J connectivity index is 1.64. The molecular weight excluding hydrogens is 494 g/mol. The molecule has 0 saturated carbocycles. The first-order valence-electron chi connectivity index (χ1n) is 9.60. The molecule has 0 fully saturated rings. The summed E-state index contributed by atoms with van der Waals surface area (Å²) in [5.41, 5.74) is 3.79. The number of nitrogens with one attached hydrogen (secondary N) is 1. The first-order chi connectivity index (χ1) is 15.8. The van der Waals surface area contributed by atoms with Crippen LogP contribution in [0.3, 0.4) is 0 Å². The fourth-order valence-corrected chi connectivity index (χ4v) is 3.10. The number of hydrogen-bond acceptors (Lipinski definition) is 7. The quantitative estimate of drug-likeness (QED) is 0.157. The van der Waals surface area contributed by atoms with E-state index in [1.807, 2.05) is 13.0 Å². The summed E-state index contributed by atoms with van der Waals surface area (Å²) in [5, 5.41) is 14.9. The molecule has 1 N–H and O–H groups in total. The van der Waals surface area contributed by atoms with Crippen LogP contribution in [0.4, 0.5) is 5.69 Å². The third-order valence-corrected chi connectivity index (χ3v) is 4.74. The van der Waals surface area contributed by atoms with Gasteiger partial charge in [-0.2, -0.15) is 5.10 Å². The number of aryl methyl sites for hydroxylation is 1. The standard InChI is InChI=1S/C23H18BrN3O6/c1-15-5-4-6-16(11-15)23(29)33-20-10-9-18(24)12-17(20)13-25-26-22(28)14-32-21-8-3-2-7-19(21)27(30)31/h2-13H,14H2,1H3,(H,26,28)/b25-13+. The maximum Gasteiger partial charge on any atom is 0.343 e. The number of ether oxygens (including phenoxy) is 2. The average Bonchev–Trinajstić information content (AvgIpc) is 2.79. The fourth-order valence-electron chi connectivity index (χ4n) is 2.72. The van der Waals surface area contributed by atoms with Crippen molar-refractivity contribution >= 4 is 39.7 Å². The van der Waals surface area contributed by atoms with E-state index in [1.165, 1.54) is 24.4 Å². The Labute approximate surface area is 197 Å². The molecule has 33 heavy (non-hydrogen) atoms. The molecule has 0 unspecified atom stereocenters. The molecule has 0 aliphatic rings. The second-order valence-corrected chi connectivity index (χ2v) is 7.66. The number of carbonyl (C=O) groups excluding carboxylic acids is 2. The minimum atomic E-state index is -0.627. The van der Waals surface area contributed by atoms with Crippen molar-refractivity contribution < 1.29 is 24.0 Å². The topological polar surface area (TPSA) is 120 Å². The number of amides is 1. The predicted octanol–water partition coefficient (Wildman–Crippen LogP) is 4.41. The molecule has 0 aliphatic heterocycles. The number of hydrogen-bond donors (Lipinski definition) is 1. The van der Waals surface area contributed by atoms with Gasteiger partial charge in [0.1, 0.15) is 5.75 Å². The highest BCUT2D eigenvalue weighted by Gasteiger charge is 2.15. The summed E-state index contributed by atoms with van der Waals surface area (Å²) in [4.78, 5) is 34.9. The lowest BCUT2D eigenvalue weighted by Gasteiger charge is -2.09. The summed E-state index contributed by atoms with van der Waals surface area (Å²) in [6.07, 6.45) is 1.31. The van der Waals surface area contributed by atoms with E-state index >= 15 is 0 Å². The van der Waals surface area contributed by atoms with Crippen molar-refractivity contribution in [2.45, 2.75) is 6.92 Å². The van der Waals surface area contributed by atoms with Gasteiger partial charge in [0, 0.05) is 16.1 Å². The summed E-state index contributed by atoms with van der Waals surface area (Å²) < 4.78 is 11.4. The van der Waals surface area contributed by atoms with Gasteiger partial charge >= 0.3 is 11.7 Å². The van der Waals surface area contributed by atoms with Crippen LogP contribution in [0.2, 0.25) is 0 Å². The molecule has 3 aromatic rings. The lowest BCUT2D eigenvalue weighted by molar-refractivity contribution is -0.385. The molecule has 0 bridgehead atoms. The van der Waals surface area contributed by atoms with E-state index in [9.17, 15) is 19.7 Å². The van der Waals surface area contributed by atoms with Crippen LogP contribution in [0, 0.1) is 17.0 Å². The number of benzene rings is 3. The highest BCUT2D eigenvalue weighted by atomic mass is 79.9. The number of para-hydroxylation sites is 2. The van der Waals surface area contributed by atoms with E-state index in [-0.39, 0.29) is 17.2 Å².